The maximum absolute atomic E-state index is 12.2. The minimum Gasteiger partial charge on any atom is -0.378 e. The molecule has 0 aromatic heterocycles. The van der Waals surface area contributed by atoms with Gasteiger partial charge in [-0.15, -0.1) is 0 Å². The number of carbonyl (C=O) groups excluding carboxylic acids is 2. The zero-order valence-corrected chi connectivity index (χ0v) is 16.1. The molecule has 0 saturated heterocycles. The van der Waals surface area contributed by atoms with E-state index < -0.39 is 0 Å². The number of nitrogens with zero attached hydrogens (tertiary/aromatic N) is 1. The predicted octanol–water partition coefficient (Wildman–Crippen LogP) is 3.42. The van der Waals surface area contributed by atoms with Crippen molar-refractivity contribution in [1.82, 2.24) is 5.32 Å². The quantitative estimate of drug-likeness (QED) is 0.866. The van der Waals surface area contributed by atoms with Crippen molar-refractivity contribution in [2.45, 2.75) is 26.2 Å². The summed E-state index contributed by atoms with van der Waals surface area (Å²) in [6.07, 6.45) is 0. The van der Waals surface area contributed by atoms with Crippen LogP contribution in [0.4, 0.5) is 11.4 Å². The molecule has 2 N–H and O–H groups in total. The Labute approximate surface area is 155 Å². The van der Waals surface area contributed by atoms with E-state index in [4.69, 9.17) is 0 Å². The highest BCUT2D eigenvalue weighted by molar-refractivity contribution is 5.99. The van der Waals surface area contributed by atoms with Crippen LogP contribution < -0.4 is 15.5 Å². The van der Waals surface area contributed by atoms with Crippen molar-refractivity contribution < 1.29 is 9.59 Å². The van der Waals surface area contributed by atoms with E-state index in [0.29, 0.717) is 11.3 Å². The van der Waals surface area contributed by atoms with E-state index >= 15 is 0 Å². The van der Waals surface area contributed by atoms with Gasteiger partial charge in [-0.2, -0.15) is 0 Å². The SMILES string of the molecule is CN(C)c1ccc(NC(=O)CNC(=O)c2ccc(C(C)(C)C)cc2)cc1. The fourth-order valence-electron chi connectivity index (χ4n) is 2.43. The Bertz CT molecular complexity index is 757. The van der Waals surface area contributed by atoms with Gasteiger partial charge in [-0.1, -0.05) is 32.9 Å². The van der Waals surface area contributed by atoms with Gasteiger partial charge in [-0.25, -0.2) is 0 Å². The van der Waals surface area contributed by atoms with E-state index in [1.807, 2.05) is 55.4 Å². The van der Waals surface area contributed by atoms with Gasteiger partial charge in [0.25, 0.3) is 5.91 Å². The summed E-state index contributed by atoms with van der Waals surface area (Å²) in [6, 6.07) is 15.0. The fourth-order valence-corrected chi connectivity index (χ4v) is 2.43. The number of hydrogen-bond acceptors (Lipinski definition) is 3. The van der Waals surface area contributed by atoms with Gasteiger partial charge in [0.15, 0.2) is 0 Å². The minimum atomic E-state index is -0.262. The monoisotopic (exact) mass is 353 g/mol. The Morgan fingerprint density at radius 1 is 0.923 bits per heavy atom. The molecule has 0 aliphatic heterocycles. The van der Waals surface area contributed by atoms with Crippen LogP contribution in [0.1, 0.15) is 36.7 Å². The number of rotatable bonds is 5. The molecule has 26 heavy (non-hydrogen) atoms. The van der Waals surface area contributed by atoms with Crippen LogP contribution in [0.25, 0.3) is 0 Å². The second-order valence-corrected chi connectivity index (χ2v) is 7.50. The molecule has 2 aromatic rings. The van der Waals surface area contributed by atoms with Crippen LogP contribution in [0.2, 0.25) is 0 Å². The number of hydrogen-bond donors (Lipinski definition) is 2. The molecular weight excluding hydrogens is 326 g/mol. The van der Waals surface area contributed by atoms with Crippen LogP contribution in [0, 0.1) is 0 Å². The van der Waals surface area contributed by atoms with Gasteiger partial charge in [0, 0.05) is 31.0 Å². The smallest absolute Gasteiger partial charge is 0.251 e. The van der Waals surface area contributed by atoms with Gasteiger partial charge < -0.3 is 15.5 Å². The maximum atomic E-state index is 12.2. The Hall–Kier alpha value is -2.82. The average Bonchev–Trinajstić information content (AvgIpc) is 2.59. The summed E-state index contributed by atoms with van der Waals surface area (Å²) < 4.78 is 0. The van der Waals surface area contributed by atoms with Crippen molar-refractivity contribution in [2.75, 3.05) is 30.9 Å². The molecule has 0 radical (unpaired) electrons. The first-order valence-corrected chi connectivity index (χ1v) is 8.63. The zero-order chi connectivity index (χ0) is 19.3. The number of nitrogens with one attached hydrogen (secondary N) is 2. The largest absolute Gasteiger partial charge is 0.378 e. The standard InChI is InChI=1S/C21H27N3O2/c1-21(2,3)16-8-6-15(7-9-16)20(26)22-14-19(25)23-17-10-12-18(13-11-17)24(4)5/h6-13H,14H2,1-5H3,(H,22,26)(H,23,25). The first-order valence-electron chi connectivity index (χ1n) is 8.63. The van der Waals surface area contributed by atoms with Crippen LogP contribution in [0.15, 0.2) is 48.5 Å². The molecule has 0 saturated carbocycles. The zero-order valence-electron chi connectivity index (χ0n) is 16.1. The first kappa shape index (κ1) is 19.5. The van der Waals surface area contributed by atoms with Gasteiger partial charge in [-0.3, -0.25) is 9.59 Å². The molecule has 0 heterocycles. The summed E-state index contributed by atoms with van der Waals surface area (Å²) in [4.78, 5) is 26.2. The molecule has 0 aliphatic carbocycles. The molecule has 0 bridgehead atoms. The second kappa shape index (κ2) is 8.04. The lowest BCUT2D eigenvalue weighted by atomic mass is 9.87. The predicted molar refractivity (Wildman–Crippen MR) is 107 cm³/mol. The Kier molecular flexibility index (Phi) is 6.03. The summed E-state index contributed by atoms with van der Waals surface area (Å²) in [5.41, 5.74) is 3.49. The van der Waals surface area contributed by atoms with Crippen molar-refractivity contribution in [3.8, 4) is 0 Å². The van der Waals surface area contributed by atoms with Gasteiger partial charge in [0.05, 0.1) is 6.54 Å². The highest BCUT2D eigenvalue weighted by Crippen LogP contribution is 2.22. The highest BCUT2D eigenvalue weighted by atomic mass is 16.2. The van der Waals surface area contributed by atoms with Crippen molar-refractivity contribution in [3.05, 3.63) is 59.7 Å². The third-order valence-electron chi connectivity index (χ3n) is 4.09. The average molecular weight is 353 g/mol. The highest BCUT2D eigenvalue weighted by Gasteiger charge is 2.14. The number of benzene rings is 2. The van der Waals surface area contributed by atoms with Gasteiger partial charge in [0.2, 0.25) is 5.91 Å². The summed E-state index contributed by atoms with van der Waals surface area (Å²) in [6.45, 7) is 6.29. The lowest BCUT2D eigenvalue weighted by Crippen LogP contribution is -2.32. The third-order valence-corrected chi connectivity index (χ3v) is 4.09. The molecule has 2 amide bonds. The van der Waals surface area contributed by atoms with E-state index in [9.17, 15) is 9.59 Å². The summed E-state index contributed by atoms with van der Waals surface area (Å²) >= 11 is 0. The molecule has 5 heteroatoms. The lowest BCUT2D eigenvalue weighted by Gasteiger charge is -2.19. The van der Waals surface area contributed by atoms with E-state index in [1.165, 1.54) is 0 Å². The first-order chi connectivity index (χ1) is 12.2. The molecule has 0 spiro atoms. The van der Waals surface area contributed by atoms with Crippen molar-refractivity contribution in [3.63, 3.8) is 0 Å². The van der Waals surface area contributed by atoms with Crippen molar-refractivity contribution in [1.29, 1.82) is 0 Å². The van der Waals surface area contributed by atoms with Crippen LogP contribution in [-0.2, 0) is 10.2 Å². The minimum absolute atomic E-state index is 0.0387. The molecule has 2 aromatic carbocycles. The second-order valence-electron chi connectivity index (χ2n) is 7.50. The molecule has 0 atom stereocenters. The summed E-state index contributed by atoms with van der Waals surface area (Å²) in [7, 11) is 3.91. The fraction of sp³-hybridized carbons (Fsp3) is 0.333. The molecule has 0 unspecified atom stereocenters. The van der Waals surface area contributed by atoms with E-state index in [2.05, 4.69) is 31.4 Å². The summed E-state index contributed by atoms with van der Waals surface area (Å²) in [5.74, 6) is -0.522. The summed E-state index contributed by atoms with van der Waals surface area (Å²) in [5, 5.41) is 5.42. The van der Waals surface area contributed by atoms with E-state index in [0.717, 1.165) is 11.3 Å². The molecule has 0 fully saturated rings. The normalized spacial score (nSPS) is 11.0. The number of anilines is 2. The Morgan fingerprint density at radius 2 is 1.50 bits per heavy atom. The van der Waals surface area contributed by atoms with E-state index in [1.54, 1.807) is 12.1 Å². The maximum Gasteiger partial charge on any atom is 0.251 e. The Balaban J connectivity index is 1.87. The topological polar surface area (TPSA) is 61.4 Å². The van der Waals surface area contributed by atoms with Crippen LogP contribution in [0.5, 0.6) is 0 Å². The number of carbonyl (C=O) groups is 2. The lowest BCUT2D eigenvalue weighted by molar-refractivity contribution is -0.115. The van der Waals surface area contributed by atoms with Crippen LogP contribution >= 0.6 is 0 Å². The molecular formula is C21H27N3O2. The van der Waals surface area contributed by atoms with Gasteiger partial charge in [0.1, 0.15) is 0 Å². The molecule has 2 rings (SSSR count). The van der Waals surface area contributed by atoms with Crippen molar-refractivity contribution >= 4 is 23.2 Å². The van der Waals surface area contributed by atoms with Crippen LogP contribution in [0.3, 0.4) is 0 Å². The van der Waals surface area contributed by atoms with Crippen molar-refractivity contribution in [2.24, 2.45) is 0 Å². The van der Waals surface area contributed by atoms with Gasteiger partial charge in [-0.05, 0) is 47.4 Å². The molecule has 5 nitrogen and oxygen atoms in total. The van der Waals surface area contributed by atoms with Gasteiger partial charge >= 0.3 is 0 Å². The van der Waals surface area contributed by atoms with E-state index in [-0.39, 0.29) is 23.8 Å². The molecule has 0 aliphatic rings. The Morgan fingerprint density at radius 3 is 2.00 bits per heavy atom. The van der Waals surface area contributed by atoms with Crippen LogP contribution in [-0.4, -0.2) is 32.5 Å². The number of amides is 2. The third kappa shape index (κ3) is 5.34. The molecule has 138 valence electrons.